The van der Waals surface area contributed by atoms with Crippen molar-refractivity contribution in [3.8, 4) is 11.3 Å². The number of fused-ring (bicyclic) bond motifs is 1. The lowest BCUT2D eigenvalue weighted by Gasteiger charge is -2.17. The molecule has 0 aliphatic rings. The molecule has 2 heterocycles. The van der Waals surface area contributed by atoms with Crippen molar-refractivity contribution in [2.45, 2.75) is 26.8 Å². The molecule has 0 aliphatic heterocycles. The first-order valence-corrected chi connectivity index (χ1v) is 9.67. The fraction of sp³-hybridized carbons (Fsp3) is 0.182. The molecule has 0 saturated heterocycles. The molecule has 9 nitrogen and oxygen atoms in total. The highest BCUT2D eigenvalue weighted by Gasteiger charge is 2.19. The fourth-order valence-corrected chi connectivity index (χ4v) is 3.56. The highest BCUT2D eigenvalue weighted by atomic mass is 16.6. The first-order valence-electron chi connectivity index (χ1n) is 9.67. The largest absolute Gasteiger partial charge is 0.344 e. The smallest absolute Gasteiger partial charge is 0.270 e. The van der Waals surface area contributed by atoms with Crippen molar-refractivity contribution in [1.82, 2.24) is 24.9 Å². The number of aromatic nitrogens is 4. The summed E-state index contributed by atoms with van der Waals surface area (Å²) in [6.07, 6.45) is 1.31. The van der Waals surface area contributed by atoms with E-state index < -0.39 is 4.92 Å². The second kappa shape index (κ2) is 7.94. The molecule has 156 valence electrons. The molecule has 1 atom stereocenters. The summed E-state index contributed by atoms with van der Waals surface area (Å²) < 4.78 is 1.35. The highest BCUT2D eigenvalue weighted by Crippen LogP contribution is 2.24. The molecule has 2 aromatic carbocycles. The topological polar surface area (TPSA) is 115 Å². The lowest BCUT2D eigenvalue weighted by Crippen LogP contribution is -2.29. The fourth-order valence-electron chi connectivity index (χ4n) is 3.56. The number of amides is 1. The lowest BCUT2D eigenvalue weighted by molar-refractivity contribution is -0.384. The van der Waals surface area contributed by atoms with Crippen LogP contribution in [-0.2, 0) is 0 Å². The Balaban J connectivity index is 1.71. The van der Waals surface area contributed by atoms with Gasteiger partial charge in [-0.15, -0.1) is 0 Å². The zero-order chi connectivity index (χ0) is 22.1. The zero-order valence-electron chi connectivity index (χ0n) is 17.2. The SMILES string of the molecule is Cc1ccc(C(C)NC(=O)c2cc(-c3cccc([N+](=O)[O-])c3)nc3ncnn23)c(C)c1. The number of aryl methyl sites for hydroxylation is 2. The summed E-state index contributed by atoms with van der Waals surface area (Å²) in [5, 5.41) is 18.2. The van der Waals surface area contributed by atoms with E-state index in [1.807, 2.05) is 32.9 Å². The summed E-state index contributed by atoms with van der Waals surface area (Å²) >= 11 is 0. The van der Waals surface area contributed by atoms with Crippen molar-refractivity contribution < 1.29 is 9.72 Å². The number of carbonyl (C=O) groups excluding carboxylic acids is 1. The second-order valence-corrected chi connectivity index (χ2v) is 7.36. The maximum absolute atomic E-state index is 13.1. The normalized spacial score (nSPS) is 12.0. The third-order valence-corrected chi connectivity index (χ3v) is 5.08. The van der Waals surface area contributed by atoms with E-state index in [4.69, 9.17) is 0 Å². The van der Waals surface area contributed by atoms with Gasteiger partial charge in [-0.25, -0.2) is 4.98 Å². The summed E-state index contributed by atoms with van der Waals surface area (Å²) in [5.41, 5.74) is 4.34. The van der Waals surface area contributed by atoms with Crippen molar-refractivity contribution in [3.05, 3.63) is 87.4 Å². The van der Waals surface area contributed by atoms with Crippen LogP contribution in [0, 0.1) is 24.0 Å². The van der Waals surface area contributed by atoms with Crippen LogP contribution in [0.1, 0.15) is 40.1 Å². The van der Waals surface area contributed by atoms with Crippen LogP contribution in [0.25, 0.3) is 17.0 Å². The summed E-state index contributed by atoms with van der Waals surface area (Å²) in [7, 11) is 0. The standard InChI is InChI=1S/C22H20N6O3/c1-13-7-8-18(14(2)9-13)15(3)25-21(29)20-11-19(26-22-23-12-24-27(20)22)16-5-4-6-17(10-16)28(30)31/h4-12,15H,1-3H3,(H,25,29). The molecule has 9 heteroatoms. The molecule has 31 heavy (non-hydrogen) atoms. The van der Waals surface area contributed by atoms with Gasteiger partial charge in [-0.3, -0.25) is 14.9 Å². The summed E-state index contributed by atoms with van der Waals surface area (Å²) in [5.74, 6) is -0.120. The Morgan fingerprint density at radius 2 is 1.97 bits per heavy atom. The third kappa shape index (κ3) is 3.97. The Bertz CT molecular complexity index is 1310. The molecule has 0 bridgehead atoms. The molecular formula is C22H20N6O3. The number of non-ortho nitro benzene ring substituents is 1. The lowest BCUT2D eigenvalue weighted by atomic mass is 10.00. The number of rotatable bonds is 5. The van der Waals surface area contributed by atoms with Crippen molar-refractivity contribution >= 4 is 17.4 Å². The van der Waals surface area contributed by atoms with E-state index in [1.165, 1.54) is 23.0 Å². The monoisotopic (exact) mass is 416 g/mol. The summed E-state index contributed by atoms with van der Waals surface area (Å²) in [4.78, 5) is 32.3. The zero-order valence-corrected chi connectivity index (χ0v) is 17.2. The average Bonchev–Trinajstić information content (AvgIpc) is 3.21. The van der Waals surface area contributed by atoms with E-state index in [9.17, 15) is 14.9 Å². The van der Waals surface area contributed by atoms with E-state index in [1.54, 1.807) is 18.2 Å². The van der Waals surface area contributed by atoms with Gasteiger partial charge in [-0.05, 0) is 38.0 Å². The van der Waals surface area contributed by atoms with Crippen molar-refractivity contribution in [3.63, 3.8) is 0 Å². The summed E-state index contributed by atoms with van der Waals surface area (Å²) in [6, 6.07) is 13.5. The van der Waals surface area contributed by atoms with Crippen molar-refractivity contribution in [2.24, 2.45) is 0 Å². The molecule has 0 radical (unpaired) electrons. The maximum atomic E-state index is 13.1. The number of nitro groups is 1. The van der Waals surface area contributed by atoms with Crippen LogP contribution in [0.15, 0.2) is 54.9 Å². The molecule has 4 rings (SSSR count). The molecular weight excluding hydrogens is 396 g/mol. The van der Waals surface area contributed by atoms with Gasteiger partial charge in [-0.1, -0.05) is 35.9 Å². The van der Waals surface area contributed by atoms with Gasteiger partial charge >= 0.3 is 0 Å². The van der Waals surface area contributed by atoms with E-state index in [0.29, 0.717) is 11.3 Å². The minimum Gasteiger partial charge on any atom is -0.344 e. The van der Waals surface area contributed by atoms with Gasteiger partial charge in [0.1, 0.15) is 12.0 Å². The third-order valence-electron chi connectivity index (χ3n) is 5.08. The van der Waals surface area contributed by atoms with E-state index in [2.05, 4.69) is 26.4 Å². The molecule has 0 aliphatic carbocycles. The van der Waals surface area contributed by atoms with Gasteiger partial charge in [-0.2, -0.15) is 14.6 Å². The number of hydrogen-bond donors (Lipinski definition) is 1. The second-order valence-electron chi connectivity index (χ2n) is 7.36. The minimum atomic E-state index is -0.474. The maximum Gasteiger partial charge on any atom is 0.270 e. The van der Waals surface area contributed by atoms with Crippen LogP contribution in [0.5, 0.6) is 0 Å². The first-order chi connectivity index (χ1) is 14.8. The van der Waals surface area contributed by atoms with Crippen molar-refractivity contribution in [1.29, 1.82) is 0 Å². The quantitative estimate of drug-likeness (QED) is 0.391. The van der Waals surface area contributed by atoms with Gasteiger partial charge in [0.05, 0.1) is 16.7 Å². The van der Waals surface area contributed by atoms with Gasteiger partial charge in [0.25, 0.3) is 17.4 Å². The van der Waals surface area contributed by atoms with E-state index >= 15 is 0 Å². The number of hydrogen-bond acceptors (Lipinski definition) is 6. The molecule has 0 saturated carbocycles. The van der Waals surface area contributed by atoms with Crippen LogP contribution in [0.4, 0.5) is 5.69 Å². The molecule has 4 aromatic rings. The number of benzene rings is 2. The molecule has 1 unspecified atom stereocenters. The molecule has 0 spiro atoms. The van der Waals surface area contributed by atoms with Crippen molar-refractivity contribution in [2.75, 3.05) is 0 Å². The Morgan fingerprint density at radius 3 is 2.71 bits per heavy atom. The van der Waals surface area contributed by atoms with Crippen LogP contribution in [0.3, 0.4) is 0 Å². The average molecular weight is 416 g/mol. The van der Waals surface area contributed by atoms with Gasteiger partial charge in [0.2, 0.25) is 0 Å². The Labute approximate surface area is 177 Å². The van der Waals surface area contributed by atoms with Crippen LogP contribution in [0.2, 0.25) is 0 Å². The molecule has 1 N–H and O–H groups in total. The number of nitro benzene ring substituents is 1. The molecule has 0 fully saturated rings. The van der Waals surface area contributed by atoms with Gasteiger partial charge in [0, 0.05) is 17.7 Å². The van der Waals surface area contributed by atoms with Gasteiger partial charge < -0.3 is 5.32 Å². The molecule has 2 aromatic heterocycles. The first kappa shape index (κ1) is 20.1. The van der Waals surface area contributed by atoms with Gasteiger partial charge in [0.15, 0.2) is 0 Å². The Kier molecular flexibility index (Phi) is 5.16. The minimum absolute atomic E-state index is 0.0601. The number of nitrogens with zero attached hydrogens (tertiary/aromatic N) is 5. The van der Waals surface area contributed by atoms with E-state index in [0.717, 1.165) is 16.7 Å². The molecule has 1 amide bonds. The van der Waals surface area contributed by atoms with Crippen LogP contribution in [-0.4, -0.2) is 30.4 Å². The van der Waals surface area contributed by atoms with E-state index in [-0.39, 0.29) is 29.1 Å². The predicted octanol–water partition coefficient (Wildman–Crippen LogP) is 3.81. The van der Waals surface area contributed by atoms with Crippen LogP contribution >= 0.6 is 0 Å². The Hall–Kier alpha value is -4.14. The summed E-state index contributed by atoms with van der Waals surface area (Å²) in [6.45, 7) is 5.94. The number of nitrogens with one attached hydrogen (secondary N) is 1. The van der Waals surface area contributed by atoms with Crippen LogP contribution < -0.4 is 5.32 Å². The Morgan fingerprint density at radius 1 is 1.16 bits per heavy atom. The predicted molar refractivity (Wildman–Crippen MR) is 115 cm³/mol. The number of carbonyl (C=O) groups is 1. The highest BCUT2D eigenvalue weighted by molar-refractivity contribution is 5.94.